The van der Waals surface area contributed by atoms with Crippen molar-refractivity contribution in [2.45, 2.75) is 12.5 Å². The lowest BCUT2D eigenvalue weighted by molar-refractivity contribution is 0.586. The Labute approximate surface area is 109 Å². The molecule has 17 heavy (non-hydrogen) atoms. The molecule has 1 unspecified atom stereocenters. The molecule has 0 radical (unpaired) electrons. The Balaban J connectivity index is 2.22. The fourth-order valence-corrected chi connectivity index (χ4v) is 2.70. The van der Waals surface area contributed by atoms with Gasteiger partial charge in [0.1, 0.15) is 5.82 Å². The van der Waals surface area contributed by atoms with Crippen LogP contribution < -0.4 is 5.32 Å². The molecule has 0 aliphatic heterocycles. The van der Waals surface area contributed by atoms with Crippen LogP contribution in [-0.2, 0) is 6.42 Å². The van der Waals surface area contributed by atoms with Gasteiger partial charge in [0.2, 0.25) is 0 Å². The zero-order valence-corrected chi connectivity index (χ0v) is 11.0. The molecule has 0 saturated carbocycles. The molecule has 0 saturated heterocycles. The molecular weight excluding hydrogens is 257 g/mol. The van der Waals surface area contributed by atoms with Gasteiger partial charge in [-0.05, 0) is 47.5 Å². The predicted molar refractivity (Wildman–Crippen MR) is 71.2 cm³/mol. The Bertz CT molecular complexity index is 484. The quantitative estimate of drug-likeness (QED) is 0.883. The summed E-state index contributed by atoms with van der Waals surface area (Å²) >= 11 is 7.61. The molecule has 1 N–H and O–H groups in total. The average molecular weight is 270 g/mol. The van der Waals surface area contributed by atoms with Crippen LogP contribution in [0.5, 0.6) is 0 Å². The van der Waals surface area contributed by atoms with E-state index in [1.54, 1.807) is 17.4 Å². The van der Waals surface area contributed by atoms with E-state index in [9.17, 15) is 4.39 Å². The van der Waals surface area contributed by atoms with E-state index in [0.717, 1.165) is 5.56 Å². The van der Waals surface area contributed by atoms with E-state index in [-0.39, 0.29) is 16.9 Å². The number of hydrogen-bond acceptors (Lipinski definition) is 2. The average Bonchev–Trinajstić information content (AvgIpc) is 2.85. The minimum atomic E-state index is -0.357. The highest BCUT2D eigenvalue weighted by Crippen LogP contribution is 2.26. The summed E-state index contributed by atoms with van der Waals surface area (Å²) in [4.78, 5) is 0. The molecule has 90 valence electrons. The van der Waals surface area contributed by atoms with Crippen molar-refractivity contribution in [1.82, 2.24) is 5.32 Å². The second kappa shape index (κ2) is 5.63. The van der Waals surface area contributed by atoms with E-state index in [0.29, 0.717) is 6.42 Å². The van der Waals surface area contributed by atoms with E-state index in [2.05, 4.69) is 16.8 Å². The second-order valence-electron chi connectivity index (χ2n) is 3.82. The molecule has 1 aromatic carbocycles. The second-order valence-corrected chi connectivity index (χ2v) is 4.97. The maximum absolute atomic E-state index is 13.3. The maximum atomic E-state index is 13.3. The highest BCUT2D eigenvalue weighted by molar-refractivity contribution is 7.07. The third-order valence-electron chi connectivity index (χ3n) is 2.75. The normalized spacial score (nSPS) is 12.6. The fourth-order valence-electron chi connectivity index (χ4n) is 1.79. The van der Waals surface area contributed by atoms with Crippen molar-refractivity contribution in [1.29, 1.82) is 0 Å². The van der Waals surface area contributed by atoms with Gasteiger partial charge in [0.15, 0.2) is 0 Å². The minimum Gasteiger partial charge on any atom is -0.313 e. The Morgan fingerprint density at radius 2 is 2.24 bits per heavy atom. The van der Waals surface area contributed by atoms with E-state index in [1.807, 2.05) is 18.5 Å². The van der Waals surface area contributed by atoms with Crippen molar-refractivity contribution in [3.63, 3.8) is 0 Å². The van der Waals surface area contributed by atoms with Crippen LogP contribution in [0.3, 0.4) is 0 Å². The van der Waals surface area contributed by atoms with Crippen LogP contribution in [0.2, 0.25) is 5.02 Å². The zero-order valence-electron chi connectivity index (χ0n) is 9.41. The first-order valence-electron chi connectivity index (χ1n) is 5.34. The van der Waals surface area contributed by atoms with Crippen LogP contribution >= 0.6 is 22.9 Å². The van der Waals surface area contributed by atoms with Crippen molar-refractivity contribution < 1.29 is 4.39 Å². The van der Waals surface area contributed by atoms with Gasteiger partial charge in [-0.1, -0.05) is 23.7 Å². The van der Waals surface area contributed by atoms with Crippen LogP contribution in [0.25, 0.3) is 0 Å². The largest absolute Gasteiger partial charge is 0.313 e. The molecule has 4 heteroatoms. The smallest absolute Gasteiger partial charge is 0.142 e. The summed E-state index contributed by atoms with van der Waals surface area (Å²) in [5.74, 6) is -0.357. The maximum Gasteiger partial charge on any atom is 0.142 e. The van der Waals surface area contributed by atoms with E-state index in [1.165, 1.54) is 11.6 Å². The van der Waals surface area contributed by atoms with Crippen molar-refractivity contribution in [2.24, 2.45) is 0 Å². The highest BCUT2D eigenvalue weighted by atomic mass is 35.5. The van der Waals surface area contributed by atoms with Crippen molar-refractivity contribution >= 4 is 22.9 Å². The molecule has 2 rings (SSSR count). The molecule has 2 aromatic rings. The lowest BCUT2D eigenvalue weighted by Gasteiger charge is -2.16. The Morgan fingerprint density at radius 3 is 2.88 bits per heavy atom. The first kappa shape index (κ1) is 12.6. The topological polar surface area (TPSA) is 12.0 Å². The van der Waals surface area contributed by atoms with Crippen molar-refractivity contribution in [3.05, 3.63) is 57.0 Å². The molecule has 1 nitrogen and oxygen atoms in total. The molecule has 1 aromatic heterocycles. The fraction of sp³-hybridized carbons (Fsp3) is 0.231. The molecule has 0 amide bonds. The van der Waals surface area contributed by atoms with Crippen molar-refractivity contribution in [2.75, 3.05) is 7.05 Å². The Hall–Kier alpha value is -0.900. The molecular formula is C13H13ClFNS. The lowest BCUT2D eigenvalue weighted by Crippen LogP contribution is -2.18. The molecule has 1 heterocycles. The van der Waals surface area contributed by atoms with Gasteiger partial charge in [0.05, 0.1) is 5.02 Å². The molecule has 0 aliphatic carbocycles. The number of rotatable bonds is 4. The van der Waals surface area contributed by atoms with E-state index < -0.39 is 0 Å². The van der Waals surface area contributed by atoms with Gasteiger partial charge < -0.3 is 5.32 Å². The van der Waals surface area contributed by atoms with Gasteiger partial charge in [0.25, 0.3) is 0 Å². The number of benzene rings is 1. The van der Waals surface area contributed by atoms with Crippen LogP contribution in [0, 0.1) is 5.82 Å². The summed E-state index contributed by atoms with van der Waals surface area (Å²) in [5, 5.41) is 7.58. The molecule has 0 fully saturated rings. The number of likely N-dealkylation sites (N-methyl/N-ethyl adjacent to an activating group) is 1. The van der Waals surface area contributed by atoms with Gasteiger partial charge in [-0.15, -0.1) is 0 Å². The van der Waals surface area contributed by atoms with Gasteiger partial charge >= 0.3 is 0 Å². The highest BCUT2D eigenvalue weighted by Gasteiger charge is 2.14. The SMILES string of the molecule is CNC(Cc1cccc(F)c1Cl)c1ccsc1. The summed E-state index contributed by atoms with van der Waals surface area (Å²) in [7, 11) is 1.90. The standard InChI is InChI=1S/C13H13ClFNS/c1-16-12(10-5-6-17-8-10)7-9-3-2-4-11(15)13(9)14/h2-6,8,12,16H,7H2,1H3. The number of hydrogen-bond donors (Lipinski definition) is 1. The summed E-state index contributed by atoms with van der Waals surface area (Å²) in [6, 6.07) is 7.17. The summed E-state index contributed by atoms with van der Waals surface area (Å²) in [6.07, 6.45) is 0.684. The first-order chi connectivity index (χ1) is 8.22. The molecule has 0 bridgehead atoms. The monoisotopic (exact) mass is 269 g/mol. The lowest BCUT2D eigenvalue weighted by atomic mass is 10.0. The van der Waals surface area contributed by atoms with E-state index >= 15 is 0 Å². The molecule has 1 atom stereocenters. The molecule has 0 spiro atoms. The molecule has 0 aliphatic rings. The number of thiophene rings is 1. The van der Waals surface area contributed by atoms with Gasteiger partial charge in [-0.2, -0.15) is 11.3 Å². The third-order valence-corrected chi connectivity index (χ3v) is 3.87. The van der Waals surface area contributed by atoms with Crippen molar-refractivity contribution in [3.8, 4) is 0 Å². The van der Waals surface area contributed by atoms with Gasteiger partial charge in [0, 0.05) is 6.04 Å². The summed E-state index contributed by atoms with van der Waals surface area (Å²) in [5.41, 5.74) is 2.04. The van der Waals surface area contributed by atoms with Crippen LogP contribution in [0.4, 0.5) is 4.39 Å². The van der Waals surface area contributed by atoms with E-state index in [4.69, 9.17) is 11.6 Å². The third kappa shape index (κ3) is 2.86. The zero-order chi connectivity index (χ0) is 12.3. The summed E-state index contributed by atoms with van der Waals surface area (Å²) in [6.45, 7) is 0. The Kier molecular flexibility index (Phi) is 4.15. The summed E-state index contributed by atoms with van der Waals surface area (Å²) < 4.78 is 13.3. The van der Waals surface area contributed by atoms with Gasteiger partial charge in [-0.3, -0.25) is 0 Å². The van der Waals surface area contributed by atoms with Gasteiger partial charge in [-0.25, -0.2) is 4.39 Å². The van der Waals surface area contributed by atoms with Crippen LogP contribution in [0.1, 0.15) is 17.2 Å². The Morgan fingerprint density at radius 1 is 1.41 bits per heavy atom. The minimum absolute atomic E-state index is 0.167. The first-order valence-corrected chi connectivity index (χ1v) is 6.66. The predicted octanol–water partition coefficient (Wildman–Crippen LogP) is 4.04. The van der Waals surface area contributed by atoms with Crippen LogP contribution in [-0.4, -0.2) is 7.05 Å². The number of halogens is 2. The number of nitrogens with one attached hydrogen (secondary N) is 1. The van der Waals surface area contributed by atoms with Crippen LogP contribution in [0.15, 0.2) is 35.0 Å².